The lowest BCUT2D eigenvalue weighted by atomic mass is 10.3. The molecule has 0 N–H and O–H groups in total. The first kappa shape index (κ1) is 10.0. The second-order valence-electron chi connectivity index (χ2n) is 3.42. The summed E-state index contributed by atoms with van der Waals surface area (Å²) < 4.78 is 22.1. The number of aromatic nitrogens is 2. The van der Waals surface area contributed by atoms with Gasteiger partial charge in [-0.25, -0.2) is 13.4 Å². The third-order valence-corrected chi connectivity index (χ3v) is 2.73. The molecule has 2 rings (SSSR count). The predicted molar refractivity (Wildman–Crippen MR) is 58.1 cm³/mol. The zero-order valence-electron chi connectivity index (χ0n) is 8.21. The van der Waals surface area contributed by atoms with Crippen molar-refractivity contribution in [3.63, 3.8) is 0 Å². The highest BCUT2D eigenvalue weighted by atomic mass is 32.2. The van der Waals surface area contributed by atoms with Gasteiger partial charge in [0, 0.05) is 6.26 Å². The molecule has 0 amide bonds. The zero-order chi connectivity index (χ0) is 10.9. The topological polar surface area (TPSA) is 59.9 Å². The molecule has 0 saturated carbocycles. The summed E-state index contributed by atoms with van der Waals surface area (Å²) in [5.41, 5.74) is 1.98. The SMILES string of the molecule is CS(=O)(=O)Cc1cnc2ccccc2n1. The van der Waals surface area contributed by atoms with Crippen LogP contribution in [0.4, 0.5) is 0 Å². The molecule has 0 fully saturated rings. The normalized spacial score (nSPS) is 11.8. The minimum absolute atomic E-state index is 0.0646. The summed E-state index contributed by atoms with van der Waals surface area (Å²) in [4.78, 5) is 8.36. The highest BCUT2D eigenvalue weighted by Gasteiger charge is 2.06. The van der Waals surface area contributed by atoms with Crippen LogP contribution in [-0.4, -0.2) is 24.6 Å². The summed E-state index contributed by atoms with van der Waals surface area (Å²) >= 11 is 0. The smallest absolute Gasteiger partial charge is 0.153 e. The van der Waals surface area contributed by atoms with Gasteiger partial charge in [-0.3, -0.25) is 4.98 Å². The minimum Gasteiger partial charge on any atom is -0.253 e. The van der Waals surface area contributed by atoms with Gasteiger partial charge in [-0.05, 0) is 12.1 Å². The van der Waals surface area contributed by atoms with E-state index in [0.29, 0.717) is 5.69 Å². The van der Waals surface area contributed by atoms with Crippen molar-refractivity contribution in [1.82, 2.24) is 9.97 Å². The van der Waals surface area contributed by atoms with Crippen LogP contribution in [0, 0.1) is 0 Å². The van der Waals surface area contributed by atoms with Crippen LogP contribution in [0.15, 0.2) is 30.5 Å². The van der Waals surface area contributed by atoms with Crippen molar-refractivity contribution in [2.24, 2.45) is 0 Å². The summed E-state index contributed by atoms with van der Waals surface area (Å²) in [5.74, 6) is -0.0646. The van der Waals surface area contributed by atoms with Crippen LogP contribution in [0.1, 0.15) is 5.69 Å². The molecule has 0 atom stereocenters. The van der Waals surface area contributed by atoms with Crippen LogP contribution in [0.5, 0.6) is 0 Å². The van der Waals surface area contributed by atoms with Gasteiger partial charge >= 0.3 is 0 Å². The van der Waals surface area contributed by atoms with Crippen molar-refractivity contribution in [2.75, 3.05) is 6.26 Å². The maximum absolute atomic E-state index is 11.1. The molecule has 1 aromatic heterocycles. The lowest BCUT2D eigenvalue weighted by Gasteiger charge is -2.00. The maximum Gasteiger partial charge on any atom is 0.153 e. The Labute approximate surface area is 87.9 Å². The number of hydrogen-bond donors (Lipinski definition) is 0. The average Bonchev–Trinajstić information content (AvgIpc) is 2.15. The van der Waals surface area contributed by atoms with Crippen LogP contribution in [0.3, 0.4) is 0 Å². The molecule has 0 unspecified atom stereocenters. The van der Waals surface area contributed by atoms with E-state index >= 15 is 0 Å². The number of para-hydroxylation sites is 2. The molecule has 78 valence electrons. The molecule has 0 aliphatic heterocycles. The molecular weight excluding hydrogens is 212 g/mol. The largest absolute Gasteiger partial charge is 0.253 e. The first-order valence-electron chi connectivity index (χ1n) is 4.43. The van der Waals surface area contributed by atoms with E-state index in [4.69, 9.17) is 0 Å². The molecule has 5 heteroatoms. The predicted octanol–water partition coefficient (Wildman–Crippen LogP) is 1.17. The van der Waals surface area contributed by atoms with Crippen molar-refractivity contribution in [3.8, 4) is 0 Å². The third kappa shape index (κ3) is 2.50. The summed E-state index contributed by atoms with van der Waals surface area (Å²) in [5, 5.41) is 0. The van der Waals surface area contributed by atoms with E-state index in [2.05, 4.69) is 9.97 Å². The summed E-state index contributed by atoms with van der Waals surface area (Å²) in [6, 6.07) is 7.37. The van der Waals surface area contributed by atoms with E-state index < -0.39 is 9.84 Å². The van der Waals surface area contributed by atoms with E-state index in [1.54, 1.807) is 0 Å². The minimum atomic E-state index is -3.05. The number of rotatable bonds is 2. The van der Waals surface area contributed by atoms with Gasteiger partial charge in [-0.2, -0.15) is 0 Å². The second-order valence-corrected chi connectivity index (χ2v) is 5.56. The first-order chi connectivity index (χ1) is 7.04. The van der Waals surface area contributed by atoms with Crippen molar-refractivity contribution in [2.45, 2.75) is 5.75 Å². The molecule has 1 aromatic carbocycles. The molecule has 4 nitrogen and oxygen atoms in total. The standard InChI is InChI=1S/C10H10N2O2S/c1-15(13,14)7-8-6-11-9-4-2-3-5-10(9)12-8/h2-6H,7H2,1H3. The summed E-state index contributed by atoms with van der Waals surface area (Å²) in [6.45, 7) is 0. The molecular formula is C10H10N2O2S. The number of fused-ring (bicyclic) bond motifs is 1. The Hall–Kier alpha value is -1.49. The molecule has 1 heterocycles. The van der Waals surface area contributed by atoms with Crippen LogP contribution < -0.4 is 0 Å². The highest BCUT2D eigenvalue weighted by Crippen LogP contribution is 2.09. The molecule has 0 aliphatic rings. The van der Waals surface area contributed by atoms with Gasteiger partial charge in [0.1, 0.15) is 0 Å². The lowest BCUT2D eigenvalue weighted by molar-refractivity contribution is 0.600. The number of hydrogen-bond acceptors (Lipinski definition) is 4. The fourth-order valence-corrected chi connectivity index (χ4v) is 2.01. The van der Waals surface area contributed by atoms with Gasteiger partial charge in [0.2, 0.25) is 0 Å². The molecule has 0 spiro atoms. The van der Waals surface area contributed by atoms with E-state index in [1.165, 1.54) is 12.5 Å². The Bertz CT molecular complexity index is 593. The maximum atomic E-state index is 11.1. The Balaban J connectivity index is 2.48. The fraction of sp³-hybridized carbons (Fsp3) is 0.200. The zero-order valence-corrected chi connectivity index (χ0v) is 9.03. The molecule has 0 radical (unpaired) electrons. The second kappa shape index (κ2) is 3.58. The number of benzene rings is 1. The van der Waals surface area contributed by atoms with E-state index in [0.717, 1.165) is 11.0 Å². The first-order valence-corrected chi connectivity index (χ1v) is 6.49. The van der Waals surface area contributed by atoms with E-state index in [9.17, 15) is 8.42 Å². The average molecular weight is 222 g/mol. The molecule has 0 saturated heterocycles. The van der Waals surface area contributed by atoms with Crippen molar-refractivity contribution in [1.29, 1.82) is 0 Å². The monoisotopic (exact) mass is 222 g/mol. The fourth-order valence-electron chi connectivity index (χ4n) is 1.33. The van der Waals surface area contributed by atoms with Gasteiger partial charge in [-0.1, -0.05) is 12.1 Å². The van der Waals surface area contributed by atoms with E-state index in [1.807, 2.05) is 24.3 Å². The molecule has 0 aliphatic carbocycles. The Kier molecular flexibility index (Phi) is 2.40. The van der Waals surface area contributed by atoms with Crippen molar-refractivity contribution in [3.05, 3.63) is 36.2 Å². The summed E-state index contributed by atoms with van der Waals surface area (Å²) in [6.07, 6.45) is 2.69. The number of sulfone groups is 1. The Morgan fingerprint density at radius 1 is 1.20 bits per heavy atom. The van der Waals surface area contributed by atoms with Crippen LogP contribution >= 0.6 is 0 Å². The van der Waals surface area contributed by atoms with Gasteiger partial charge in [0.05, 0.1) is 28.7 Å². The van der Waals surface area contributed by atoms with Gasteiger partial charge < -0.3 is 0 Å². The van der Waals surface area contributed by atoms with Crippen molar-refractivity contribution >= 4 is 20.9 Å². The molecule has 2 aromatic rings. The van der Waals surface area contributed by atoms with E-state index in [-0.39, 0.29) is 5.75 Å². The van der Waals surface area contributed by atoms with Crippen LogP contribution in [0.2, 0.25) is 0 Å². The summed E-state index contributed by atoms with van der Waals surface area (Å²) in [7, 11) is -3.05. The molecule has 15 heavy (non-hydrogen) atoms. The Morgan fingerprint density at radius 3 is 2.53 bits per heavy atom. The van der Waals surface area contributed by atoms with Crippen molar-refractivity contribution < 1.29 is 8.42 Å². The molecule has 0 bridgehead atoms. The van der Waals surface area contributed by atoms with Crippen LogP contribution in [-0.2, 0) is 15.6 Å². The quantitative estimate of drug-likeness (QED) is 0.765. The third-order valence-electron chi connectivity index (χ3n) is 1.91. The Morgan fingerprint density at radius 2 is 1.87 bits per heavy atom. The lowest BCUT2D eigenvalue weighted by Crippen LogP contribution is -2.03. The highest BCUT2D eigenvalue weighted by molar-refractivity contribution is 7.89. The van der Waals surface area contributed by atoms with Gasteiger partial charge in [0.15, 0.2) is 9.84 Å². The van der Waals surface area contributed by atoms with Gasteiger partial charge in [0.25, 0.3) is 0 Å². The van der Waals surface area contributed by atoms with Crippen LogP contribution in [0.25, 0.3) is 11.0 Å². The van der Waals surface area contributed by atoms with Gasteiger partial charge in [-0.15, -0.1) is 0 Å². The number of nitrogens with zero attached hydrogens (tertiary/aromatic N) is 2.